The maximum absolute atomic E-state index is 11.9. The Labute approximate surface area is 93.8 Å². The van der Waals surface area contributed by atoms with E-state index in [2.05, 4.69) is 0 Å². The van der Waals surface area contributed by atoms with Gasteiger partial charge in [0, 0.05) is 6.16 Å². The predicted octanol–water partition coefficient (Wildman–Crippen LogP) is 3.43. The zero-order valence-corrected chi connectivity index (χ0v) is 10.8. The van der Waals surface area contributed by atoms with E-state index in [0.717, 1.165) is 25.7 Å². The second-order valence-electron chi connectivity index (χ2n) is 3.79. The molecule has 0 aromatic rings. The maximum Gasteiger partial charge on any atom is 0.312 e. The molecule has 0 radical (unpaired) electrons. The molecule has 0 aliphatic rings. The van der Waals surface area contributed by atoms with E-state index in [4.69, 9.17) is 4.74 Å². The summed E-state index contributed by atoms with van der Waals surface area (Å²) in [6, 6.07) is 0. The molecule has 88 valence electrons. The molecule has 15 heavy (non-hydrogen) atoms. The lowest BCUT2D eigenvalue weighted by molar-refractivity contribution is -0.155. The van der Waals surface area contributed by atoms with Gasteiger partial charge in [0.15, 0.2) is 8.46 Å². The first-order valence-electron chi connectivity index (χ1n) is 5.63. The van der Waals surface area contributed by atoms with Crippen molar-refractivity contribution in [2.45, 2.75) is 46.5 Å². The highest BCUT2D eigenvalue weighted by molar-refractivity contribution is 7.23. The molecule has 0 amide bonds. The fraction of sp³-hybridized carbons (Fsp3) is 0.909. The third kappa shape index (κ3) is 4.29. The predicted molar refractivity (Wildman–Crippen MR) is 61.4 cm³/mol. The van der Waals surface area contributed by atoms with Gasteiger partial charge in [-0.2, -0.15) is 0 Å². The van der Waals surface area contributed by atoms with Gasteiger partial charge in [0.1, 0.15) is 0 Å². The van der Waals surface area contributed by atoms with Gasteiger partial charge in [-0.1, -0.05) is 26.7 Å². The highest BCUT2D eigenvalue weighted by Gasteiger charge is 2.38. The zero-order valence-electron chi connectivity index (χ0n) is 9.91. The number of hydrogen-bond acceptors (Lipinski definition) is 3. The minimum absolute atomic E-state index is 0.0335. The number of carbonyl (C=O) groups excluding carboxylic acids is 1. The number of ether oxygens (including phenoxy) is 1. The lowest BCUT2D eigenvalue weighted by Gasteiger charge is -2.28. The van der Waals surface area contributed by atoms with Gasteiger partial charge < -0.3 is 4.74 Å². The molecular formula is C11H21O3P. The Morgan fingerprint density at radius 1 is 1.20 bits per heavy atom. The van der Waals surface area contributed by atoms with E-state index in [-0.39, 0.29) is 14.4 Å². The molecule has 0 bridgehead atoms. The fourth-order valence-electron chi connectivity index (χ4n) is 1.92. The molecular weight excluding hydrogens is 211 g/mol. The van der Waals surface area contributed by atoms with Crippen LogP contribution in [0.2, 0.25) is 0 Å². The Balaban J connectivity index is 4.73. The fourth-order valence-corrected chi connectivity index (χ4v) is 2.61. The highest BCUT2D eigenvalue weighted by atomic mass is 31.1. The lowest BCUT2D eigenvalue weighted by atomic mass is 9.81. The molecule has 0 unspecified atom stereocenters. The summed E-state index contributed by atoms with van der Waals surface area (Å²) in [5.74, 6) is -0.183. The van der Waals surface area contributed by atoms with E-state index in [1.807, 2.05) is 13.8 Å². The van der Waals surface area contributed by atoms with E-state index < -0.39 is 5.41 Å². The van der Waals surface area contributed by atoms with Crippen molar-refractivity contribution in [3.63, 3.8) is 0 Å². The largest absolute Gasteiger partial charge is 0.466 e. The minimum atomic E-state index is -0.525. The quantitative estimate of drug-likeness (QED) is 0.475. The molecule has 0 aliphatic heterocycles. The van der Waals surface area contributed by atoms with Crippen LogP contribution in [-0.4, -0.2) is 18.7 Å². The summed E-state index contributed by atoms with van der Waals surface area (Å²) in [5.41, 5.74) is -0.525. The molecule has 0 fully saturated rings. The Morgan fingerprint density at radius 3 is 2.07 bits per heavy atom. The van der Waals surface area contributed by atoms with Crippen LogP contribution in [0.15, 0.2) is 0 Å². The molecule has 0 aliphatic carbocycles. The molecule has 0 atom stereocenters. The van der Waals surface area contributed by atoms with Gasteiger partial charge in [-0.3, -0.25) is 9.36 Å². The van der Waals surface area contributed by atoms with Crippen LogP contribution in [0.25, 0.3) is 0 Å². The molecule has 3 nitrogen and oxygen atoms in total. The Kier molecular flexibility index (Phi) is 7.59. The molecule has 0 aromatic heterocycles. The summed E-state index contributed by atoms with van der Waals surface area (Å²) in [6.45, 7) is 6.26. The Bertz CT molecular complexity index is 198. The van der Waals surface area contributed by atoms with Crippen molar-refractivity contribution < 1.29 is 14.1 Å². The molecule has 0 rings (SSSR count). The van der Waals surface area contributed by atoms with Crippen molar-refractivity contribution in [2.24, 2.45) is 5.41 Å². The number of carbonyl (C=O) groups is 1. The molecule has 0 aromatic carbocycles. The molecule has 0 saturated carbocycles. The molecule has 4 heteroatoms. The molecule has 0 N–H and O–H groups in total. The topological polar surface area (TPSA) is 43.4 Å². The van der Waals surface area contributed by atoms with Crippen LogP contribution in [0.4, 0.5) is 0 Å². The van der Waals surface area contributed by atoms with Crippen molar-refractivity contribution in [3.05, 3.63) is 0 Å². The summed E-state index contributed by atoms with van der Waals surface area (Å²) in [6.07, 6.45) is 3.72. The highest BCUT2D eigenvalue weighted by Crippen LogP contribution is 2.34. The van der Waals surface area contributed by atoms with Crippen LogP contribution in [0.5, 0.6) is 0 Å². The van der Waals surface area contributed by atoms with Gasteiger partial charge in [-0.05, 0) is 19.8 Å². The Hall–Kier alpha value is -0.430. The maximum atomic E-state index is 11.9. The van der Waals surface area contributed by atoms with Gasteiger partial charge in [-0.15, -0.1) is 0 Å². The lowest BCUT2D eigenvalue weighted by Crippen LogP contribution is -2.34. The average Bonchev–Trinajstić information content (AvgIpc) is 2.19. The first-order valence-corrected chi connectivity index (χ1v) is 6.63. The van der Waals surface area contributed by atoms with E-state index >= 15 is 0 Å². The number of hydrogen-bond donors (Lipinski definition) is 0. The van der Waals surface area contributed by atoms with Crippen LogP contribution >= 0.6 is 8.46 Å². The van der Waals surface area contributed by atoms with E-state index in [1.165, 1.54) is 0 Å². The first kappa shape index (κ1) is 14.6. The van der Waals surface area contributed by atoms with Gasteiger partial charge >= 0.3 is 5.97 Å². The molecule has 0 spiro atoms. The summed E-state index contributed by atoms with van der Waals surface area (Å²) in [5, 5.41) is 0. The second kappa shape index (κ2) is 7.81. The van der Waals surface area contributed by atoms with E-state index in [0.29, 0.717) is 12.8 Å². The third-order valence-electron chi connectivity index (χ3n) is 2.53. The smallest absolute Gasteiger partial charge is 0.312 e. The van der Waals surface area contributed by atoms with Crippen molar-refractivity contribution in [1.82, 2.24) is 0 Å². The summed E-state index contributed by atoms with van der Waals surface area (Å²) in [4.78, 5) is 11.9. The van der Waals surface area contributed by atoms with Crippen LogP contribution in [0.3, 0.4) is 0 Å². The van der Waals surface area contributed by atoms with Gasteiger partial charge in [-0.25, -0.2) is 0 Å². The van der Waals surface area contributed by atoms with Crippen molar-refractivity contribution in [1.29, 1.82) is 0 Å². The van der Waals surface area contributed by atoms with Crippen LogP contribution in [0, 0.1) is 5.41 Å². The van der Waals surface area contributed by atoms with Gasteiger partial charge in [0.25, 0.3) is 0 Å². The Morgan fingerprint density at radius 2 is 1.73 bits per heavy atom. The average molecular weight is 232 g/mol. The third-order valence-corrected chi connectivity index (χ3v) is 3.27. The van der Waals surface area contributed by atoms with Gasteiger partial charge in [0.2, 0.25) is 0 Å². The summed E-state index contributed by atoms with van der Waals surface area (Å²) in [7, 11) is 0.0335. The van der Waals surface area contributed by atoms with Gasteiger partial charge in [0.05, 0.1) is 12.0 Å². The SMILES string of the molecule is CCCC(CCC)(CP=O)C(=O)OCC. The van der Waals surface area contributed by atoms with E-state index in [1.54, 1.807) is 6.92 Å². The number of esters is 1. The second-order valence-corrected chi connectivity index (χ2v) is 4.36. The first-order chi connectivity index (χ1) is 7.16. The van der Waals surface area contributed by atoms with Crippen molar-refractivity contribution in [2.75, 3.05) is 12.8 Å². The normalized spacial score (nSPS) is 11.7. The zero-order chi connectivity index (χ0) is 11.7. The van der Waals surface area contributed by atoms with Crippen molar-refractivity contribution in [3.8, 4) is 0 Å². The number of rotatable bonds is 8. The monoisotopic (exact) mass is 232 g/mol. The van der Waals surface area contributed by atoms with E-state index in [9.17, 15) is 9.36 Å². The van der Waals surface area contributed by atoms with Crippen molar-refractivity contribution >= 4 is 14.4 Å². The van der Waals surface area contributed by atoms with Crippen LogP contribution in [-0.2, 0) is 14.1 Å². The summed E-state index contributed by atoms with van der Waals surface area (Å²) < 4.78 is 15.9. The molecule has 0 heterocycles. The standard InChI is InChI=1S/C11H21O3P/c1-4-7-11(8-5-2,9-15-13)10(12)14-6-3/h4-9H2,1-3H3. The van der Waals surface area contributed by atoms with Crippen LogP contribution < -0.4 is 0 Å². The minimum Gasteiger partial charge on any atom is -0.466 e. The molecule has 0 saturated heterocycles. The van der Waals surface area contributed by atoms with Crippen LogP contribution in [0.1, 0.15) is 46.5 Å². The summed E-state index contributed by atoms with van der Waals surface area (Å²) >= 11 is 0.